The summed E-state index contributed by atoms with van der Waals surface area (Å²) in [6, 6.07) is -12.6. The van der Waals surface area contributed by atoms with Gasteiger partial charge in [-0.25, -0.2) is 0 Å². The highest BCUT2D eigenvalue weighted by atomic mass is 16.5. The van der Waals surface area contributed by atoms with Crippen LogP contribution in [0.2, 0.25) is 0 Å². The molecule has 4 saturated heterocycles. The number of aliphatic hydroxyl groups is 2. The fraction of sp³-hybridized carbons (Fsp3) is 0.795. The summed E-state index contributed by atoms with van der Waals surface area (Å²) in [5, 5.41) is 44.7. The molecule has 0 aromatic carbocycles. The molecule has 4 fully saturated rings. The molecule has 4 aliphatic rings. The van der Waals surface area contributed by atoms with E-state index in [2.05, 4.69) is 57.8 Å². The second-order valence-electron chi connectivity index (χ2n) is 29.3. The van der Waals surface area contributed by atoms with Gasteiger partial charge in [0.2, 0.25) is 76.8 Å². The van der Waals surface area contributed by atoms with Crippen LogP contribution in [-0.4, -0.2) is 315 Å². The summed E-state index contributed by atoms with van der Waals surface area (Å²) in [7, 11) is 0. The molecule has 0 aromatic heterocycles. The lowest BCUT2D eigenvalue weighted by atomic mass is 10.0. The summed E-state index contributed by atoms with van der Waals surface area (Å²) >= 11 is 0. The maximum Gasteiger partial charge on any atom is 0.246 e. The first kappa shape index (κ1) is 97.7. The number of carbonyl (C=O) groups is 13. The second kappa shape index (κ2) is 54.2. The molecule has 0 spiro atoms. The molecule has 0 bridgehead atoms. The smallest absolute Gasteiger partial charge is 0.246 e. The van der Waals surface area contributed by atoms with Crippen LogP contribution in [0.1, 0.15) is 175 Å². The van der Waals surface area contributed by atoms with E-state index in [0.29, 0.717) is 136 Å². The molecule has 114 heavy (non-hydrogen) atoms. The number of hydrogen-bond donors (Lipinski definition) is 19. The standard InChI is InChI=1S/C73H133N23O18/c1-46(97)59(76)66(106)91-52(20-6-8-28-74)68(108)95-37-15-26-56(95)70(110)93-35-13-24-54(93)64(104)89-50(22-11-31-85-72(78)79)61(101)84-30-10-4-5-19-49(62(102)87-45-58(100)83-34-18-40-113-42-44-114-43-41-112-39-17-33-82-48(3)99)88-63(103)51(23-12-32-86-73(80)81)90-65(105)55-25-14-36-94(55)71(111)57-27-16-38-96(57)69(109)53(21-7-9-29-75)92-67(107)60(77)47(2)98/h46-47,49-57,59-60,97-98H,4-45,74-77H2,1-3H3,(H,82,99)(H,83,100)(H,84,101)(H,87,102)(H,88,103)(H,89,104)(H,90,105)(H,91,106)(H,92,107)(H4,78,79,85)(H4,80,81,86)/t46-,47-,49+,50+,51+,52+,53+,54+,55+,56+,57+,59+,60+/m1/s1. The molecule has 0 aromatic rings. The van der Waals surface area contributed by atoms with Crippen LogP contribution < -0.4 is 93.7 Å². The Labute approximate surface area is 668 Å². The fourth-order valence-corrected chi connectivity index (χ4v) is 13.8. The van der Waals surface area contributed by atoms with Gasteiger partial charge in [0, 0.05) is 79.0 Å². The normalized spacial score (nSPS) is 19.0. The summed E-state index contributed by atoms with van der Waals surface area (Å²) in [5.74, 6) is -7.95. The minimum atomic E-state index is -1.34. The maximum atomic E-state index is 14.7. The van der Waals surface area contributed by atoms with Crippen molar-refractivity contribution in [2.75, 3.05) is 118 Å². The van der Waals surface area contributed by atoms with Crippen LogP contribution >= 0.6 is 0 Å². The first-order valence-corrected chi connectivity index (χ1v) is 40.4. The van der Waals surface area contributed by atoms with Gasteiger partial charge < -0.3 is 138 Å². The summed E-state index contributed by atoms with van der Waals surface area (Å²) in [6.07, 6.45) is 5.20. The molecule has 4 aliphatic heterocycles. The van der Waals surface area contributed by atoms with Gasteiger partial charge in [0.1, 0.15) is 66.5 Å². The molecular weight excluding hydrogens is 1490 g/mol. The van der Waals surface area contributed by atoms with Gasteiger partial charge in [-0.05, 0) is 168 Å². The van der Waals surface area contributed by atoms with Crippen molar-refractivity contribution in [1.29, 1.82) is 0 Å². The third kappa shape index (κ3) is 35.2. The molecule has 648 valence electrons. The van der Waals surface area contributed by atoms with E-state index in [0.717, 1.165) is 0 Å². The topological polar surface area (TPSA) is 644 Å². The lowest BCUT2D eigenvalue weighted by Crippen LogP contribution is -2.59. The van der Waals surface area contributed by atoms with Crippen LogP contribution in [0.15, 0.2) is 9.98 Å². The van der Waals surface area contributed by atoms with Crippen LogP contribution in [0.5, 0.6) is 0 Å². The average Bonchev–Trinajstić information content (AvgIpc) is 1.64. The predicted molar refractivity (Wildman–Crippen MR) is 421 cm³/mol. The summed E-state index contributed by atoms with van der Waals surface area (Å²) < 4.78 is 16.6. The Morgan fingerprint density at radius 3 is 1.19 bits per heavy atom. The molecule has 27 N–H and O–H groups in total. The highest BCUT2D eigenvalue weighted by molar-refractivity contribution is 5.99. The molecule has 41 heteroatoms. The predicted octanol–water partition coefficient (Wildman–Crippen LogP) is -6.97. The lowest BCUT2D eigenvalue weighted by molar-refractivity contribution is -0.148. The molecule has 13 atom stereocenters. The Morgan fingerprint density at radius 1 is 0.404 bits per heavy atom. The number of aliphatic imine (C=N–C) groups is 2. The van der Waals surface area contributed by atoms with Crippen molar-refractivity contribution in [3.8, 4) is 0 Å². The van der Waals surface area contributed by atoms with Gasteiger partial charge in [0.25, 0.3) is 0 Å². The second-order valence-corrected chi connectivity index (χ2v) is 29.3. The van der Waals surface area contributed by atoms with E-state index in [-0.39, 0.29) is 147 Å². The Kier molecular flexibility index (Phi) is 46.4. The van der Waals surface area contributed by atoms with E-state index in [9.17, 15) is 72.5 Å². The van der Waals surface area contributed by atoms with Gasteiger partial charge in [-0.15, -0.1) is 0 Å². The summed E-state index contributed by atoms with van der Waals surface area (Å²) in [4.78, 5) is 194. The highest BCUT2D eigenvalue weighted by Gasteiger charge is 2.47. The molecule has 4 heterocycles. The third-order valence-corrected chi connectivity index (χ3v) is 20.1. The van der Waals surface area contributed by atoms with Crippen molar-refractivity contribution in [2.24, 2.45) is 55.9 Å². The first-order valence-electron chi connectivity index (χ1n) is 40.4. The number of unbranched alkanes of at least 4 members (excludes halogenated alkanes) is 4. The Hall–Kier alpha value is -8.71. The Bertz CT molecular complexity index is 3110. The van der Waals surface area contributed by atoms with E-state index in [4.69, 9.17) is 60.1 Å². The number of rotatable bonds is 56. The van der Waals surface area contributed by atoms with Crippen molar-refractivity contribution in [3.05, 3.63) is 0 Å². The van der Waals surface area contributed by atoms with E-state index >= 15 is 0 Å². The number of nitrogens with two attached hydrogens (primary N) is 8. The van der Waals surface area contributed by atoms with Crippen LogP contribution in [0.3, 0.4) is 0 Å². The van der Waals surface area contributed by atoms with Gasteiger partial charge >= 0.3 is 0 Å². The van der Waals surface area contributed by atoms with Gasteiger partial charge in [0.05, 0.1) is 45.2 Å². The molecule has 0 unspecified atom stereocenters. The largest absolute Gasteiger partial charge is 0.391 e. The van der Waals surface area contributed by atoms with Gasteiger partial charge in [-0.1, -0.05) is 12.8 Å². The van der Waals surface area contributed by atoms with Crippen molar-refractivity contribution < 1.29 is 86.8 Å². The summed E-state index contributed by atoms with van der Waals surface area (Å²) in [5.41, 5.74) is 45.8. The Balaban J connectivity index is 1.48. The quantitative estimate of drug-likeness (QED) is 0.0153. The van der Waals surface area contributed by atoms with E-state index in [1.165, 1.54) is 40.4 Å². The SMILES string of the molecule is CC(=O)NCCCOCCOCCOCCCNC(=O)CNC(=O)[C@H](CCCCCNC(=O)[C@H](CCCN=C(N)N)NC(=O)[C@@H]1CCCN1C(=O)[C@@H]1CCCN1C(=O)[C@H](CCCCN)NC(=O)[C@@H](N)[C@@H](C)O)NC(=O)[C@H](CCCN=C(N)N)NC(=O)[C@@H]1CCCN1C(=O)[C@@H]1CCCN1C(=O)[C@H](CCCCN)NC(=O)[C@@H](N)[C@@H](C)O. The zero-order valence-corrected chi connectivity index (χ0v) is 66.9. The van der Waals surface area contributed by atoms with Crippen molar-refractivity contribution in [1.82, 2.24) is 67.5 Å². The van der Waals surface area contributed by atoms with Crippen molar-refractivity contribution in [3.63, 3.8) is 0 Å². The number of guanidine groups is 2. The van der Waals surface area contributed by atoms with Crippen LogP contribution in [0.4, 0.5) is 0 Å². The molecule has 4 rings (SSSR count). The minimum Gasteiger partial charge on any atom is -0.391 e. The zero-order chi connectivity index (χ0) is 84.1. The van der Waals surface area contributed by atoms with E-state index in [1.807, 2.05) is 0 Å². The Morgan fingerprint density at radius 2 is 0.763 bits per heavy atom. The molecule has 13 amide bonds. The molecule has 41 nitrogen and oxygen atoms in total. The first-order chi connectivity index (χ1) is 54.5. The molecule has 0 aliphatic carbocycles. The van der Waals surface area contributed by atoms with Crippen molar-refractivity contribution in [2.45, 2.75) is 254 Å². The monoisotopic (exact) mass is 1620 g/mol. The average molecular weight is 1620 g/mol. The third-order valence-electron chi connectivity index (χ3n) is 20.1. The number of nitrogens with zero attached hydrogens (tertiary/aromatic N) is 6. The lowest BCUT2D eigenvalue weighted by Gasteiger charge is -2.33. The molecule has 0 saturated carbocycles. The van der Waals surface area contributed by atoms with Gasteiger partial charge in [0.15, 0.2) is 11.9 Å². The maximum absolute atomic E-state index is 14.7. The zero-order valence-electron chi connectivity index (χ0n) is 66.9. The van der Waals surface area contributed by atoms with Crippen LogP contribution in [0, 0.1) is 0 Å². The number of hydrogen-bond acceptors (Lipinski definition) is 24. The minimum absolute atomic E-state index is 0.0142. The number of likely N-dealkylation sites (tertiary alicyclic amines) is 4. The van der Waals surface area contributed by atoms with Gasteiger partial charge in [-0.3, -0.25) is 72.3 Å². The van der Waals surface area contributed by atoms with E-state index < -0.39 is 156 Å². The number of amides is 13. The number of carbonyl (C=O) groups excluding carboxylic acids is 13. The molecular formula is C73H133N23O18. The fourth-order valence-electron chi connectivity index (χ4n) is 13.8. The summed E-state index contributed by atoms with van der Waals surface area (Å²) in [6.45, 7) is 8.08. The van der Waals surface area contributed by atoms with Crippen molar-refractivity contribution >= 4 is 88.7 Å². The number of nitrogens with one attached hydrogen (secondary N) is 9. The van der Waals surface area contributed by atoms with Crippen LogP contribution in [0.25, 0.3) is 0 Å². The number of ether oxygens (including phenoxy) is 3. The highest BCUT2D eigenvalue weighted by Crippen LogP contribution is 2.29. The van der Waals surface area contributed by atoms with Gasteiger partial charge in [-0.2, -0.15) is 0 Å². The number of aliphatic hydroxyl groups excluding tert-OH is 2. The molecule has 0 radical (unpaired) electrons. The van der Waals surface area contributed by atoms with Crippen LogP contribution in [-0.2, 0) is 76.5 Å². The van der Waals surface area contributed by atoms with E-state index in [1.54, 1.807) is 0 Å².